The number of esters is 1. The van der Waals surface area contributed by atoms with Crippen molar-refractivity contribution in [2.45, 2.75) is 39.5 Å². The number of carbonyl (C=O) groups is 3. The number of nitrogens with one attached hydrogen (secondary N) is 2. The largest absolute Gasteiger partial charge is 0.497 e. The fraction of sp³-hybridized carbons (Fsp3) is 0.400. The lowest BCUT2D eigenvalue weighted by molar-refractivity contribution is -0.896. The smallest absolute Gasteiger partial charge is 0.338 e. The summed E-state index contributed by atoms with van der Waals surface area (Å²) in [6.07, 6.45) is 4.52. The van der Waals surface area contributed by atoms with Crippen molar-refractivity contribution in [3.05, 3.63) is 64.6 Å². The number of rotatable bonds is 15. The highest BCUT2D eigenvalue weighted by Crippen LogP contribution is 2.33. The molecular formula is C30H38N3O5S2+. The minimum atomic E-state index is -0.359. The lowest BCUT2D eigenvalue weighted by Gasteiger charge is -2.15. The average molecular weight is 585 g/mol. The molecular weight excluding hydrogens is 546 g/mol. The molecule has 2 N–H and O–H groups in total. The number of thioether (sulfide) groups is 1. The zero-order chi connectivity index (χ0) is 28.9. The van der Waals surface area contributed by atoms with Crippen LogP contribution in [0.2, 0.25) is 0 Å². The Kier molecular flexibility index (Phi) is 12.6. The standard InChI is InChI=1S/C30H37N3O5S2/c1-4-32(5-2)19-20-38-29(35)23-12-14-24(15-13-23)31-27(34)9-7-6-8-18-33-28(39)26(40-30(33)36)21-22-10-16-25(37-3)17-11-22/h10-17,21H,4-9,18-20H2,1-3H3,(H,31,34)/p+1/b26-21+. The number of nitrogens with zero attached hydrogens (tertiary/aromatic N) is 1. The van der Waals surface area contributed by atoms with Crippen LogP contribution in [0.5, 0.6) is 5.75 Å². The van der Waals surface area contributed by atoms with Crippen LogP contribution in [0.4, 0.5) is 10.5 Å². The number of quaternary nitrogens is 1. The van der Waals surface area contributed by atoms with E-state index in [9.17, 15) is 14.4 Å². The first kappa shape index (κ1) is 31.3. The van der Waals surface area contributed by atoms with Gasteiger partial charge in [0.2, 0.25) is 5.91 Å². The van der Waals surface area contributed by atoms with Crippen LogP contribution in [0, 0.1) is 0 Å². The fourth-order valence-electron chi connectivity index (χ4n) is 4.16. The third-order valence-electron chi connectivity index (χ3n) is 6.67. The molecule has 10 heteroatoms. The summed E-state index contributed by atoms with van der Waals surface area (Å²) in [6, 6.07) is 14.3. The predicted molar refractivity (Wildman–Crippen MR) is 164 cm³/mol. The molecule has 2 aromatic rings. The van der Waals surface area contributed by atoms with Crippen molar-refractivity contribution in [3.63, 3.8) is 0 Å². The molecule has 1 saturated heterocycles. The third-order valence-corrected chi connectivity index (χ3v) is 8.16. The van der Waals surface area contributed by atoms with Crippen LogP contribution in [-0.2, 0) is 9.53 Å². The summed E-state index contributed by atoms with van der Waals surface area (Å²) in [5, 5.41) is 2.80. The number of benzene rings is 2. The first-order chi connectivity index (χ1) is 19.3. The molecule has 1 aliphatic heterocycles. The van der Waals surface area contributed by atoms with Gasteiger partial charge in [-0.05, 0) is 86.5 Å². The lowest BCUT2D eigenvalue weighted by atomic mass is 10.1. The van der Waals surface area contributed by atoms with Crippen LogP contribution in [0.15, 0.2) is 53.4 Å². The maximum Gasteiger partial charge on any atom is 0.338 e. The molecule has 0 saturated carbocycles. The summed E-state index contributed by atoms with van der Waals surface area (Å²) < 4.78 is 10.5. The van der Waals surface area contributed by atoms with Crippen LogP contribution in [0.1, 0.15) is 55.5 Å². The van der Waals surface area contributed by atoms with Crippen LogP contribution >= 0.6 is 24.0 Å². The Bertz CT molecular complexity index is 1190. The van der Waals surface area contributed by atoms with Crippen LogP contribution in [0.3, 0.4) is 0 Å². The molecule has 1 heterocycles. The fourth-order valence-corrected chi connectivity index (χ4v) is 5.45. The Labute approximate surface area is 246 Å². The predicted octanol–water partition coefficient (Wildman–Crippen LogP) is 4.81. The van der Waals surface area contributed by atoms with Crippen LogP contribution in [-0.4, -0.2) is 66.9 Å². The number of unbranched alkanes of at least 4 members (excludes halogenated alkanes) is 2. The molecule has 2 amide bonds. The van der Waals surface area contributed by atoms with Crippen molar-refractivity contribution >= 4 is 57.8 Å². The molecule has 3 rings (SSSR count). The topological polar surface area (TPSA) is 89.4 Å². The van der Waals surface area contributed by atoms with Gasteiger partial charge in [-0.1, -0.05) is 30.8 Å². The quantitative estimate of drug-likeness (QED) is 0.134. The van der Waals surface area contributed by atoms with E-state index in [0.29, 0.717) is 42.2 Å². The number of hydrogen-bond acceptors (Lipinski definition) is 7. The summed E-state index contributed by atoms with van der Waals surface area (Å²) in [7, 11) is 1.62. The first-order valence-corrected chi connectivity index (χ1v) is 14.9. The van der Waals surface area contributed by atoms with Gasteiger partial charge in [0.25, 0.3) is 5.24 Å². The van der Waals surface area contributed by atoms with E-state index in [-0.39, 0.29) is 17.1 Å². The summed E-state index contributed by atoms with van der Waals surface area (Å²) in [5.74, 6) is 0.320. The lowest BCUT2D eigenvalue weighted by Crippen LogP contribution is -3.11. The summed E-state index contributed by atoms with van der Waals surface area (Å²) in [4.78, 5) is 41.4. The van der Waals surface area contributed by atoms with Crippen molar-refractivity contribution in [2.75, 3.05) is 45.2 Å². The molecule has 40 heavy (non-hydrogen) atoms. The highest BCUT2D eigenvalue weighted by atomic mass is 32.2. The number of amides is 2. The number of likely N-dealkylation sites (N-methyl/N-ethyl adjacent to an activating group) is 1. The SMILES string of the molecule is CC[NH+](CC)CCOC(=O)c1ccc(NC(=O)CCCCCN2C(=O)S/C(=C/c3ccc(OC)cc3)C2=S)cc1. The summed E-state index contributed by atoms with van der Waals surface area (Å²) in [6.45, 7) is 7.91. The van der Waals surface area contributed by atoms with E-state index in [1.165, 1.54) is 4.90 Å². The number of ether oxygens (including phenoxy) is 2. The van der Waals surface area contributed by atoms with Crippen LogP contribution in [0.25, 0.3) is 6.08 Å². The maximum absolute atomic E-state index is 12.5. The minimum absolute atomic E-state index is 0.0696. The Balaban J connectivity index is 1.35. The highest BCUT2D eigenvalue weighted by Gasteiger charge is 2.31. The van der Waals surface area contributed by atoms with Gasteiger partial charge in [-0.15, -0.1) is 0 Å². The molecule has 1 aliphatic rings. The minimum Gasteiger partial charge on any atom is -0.497 e. The zero-order valence-corrected chi connectivity index (χ0v) is 25.0. The van der Waals surface area contributed by atoms with Crippen LogP contribution < -0.4 is 15.0 Å². The van der Waals surface area contributed by atoms with E-state index < -0.39 is 0 Å². The van der Waals surface area contributed by atoms with Gasteiger partial charge in [-0.3, -0.25) is 14.5 Å². The molecule has 8 nitrogen and oxygen atoms in total. The average Bonchev–Trinajstić information content (AvgIpc) is 3.23. The first-order valence-electron chi connectivity index (χ1n) is 13.6. The number of carbonyl (C=O) groups excluding carboxylic acids is 3. The molecule has 2 aromatic carbocycles. The van der Waals surface area contributed by atoms with Gasteiger partial charge in [0.05, 0.1) is 30.7 Å². The molecule has 214 valence electrons. The summed E-state index contributed by atoms with van der Waals surface area (Å²) in [5.41, 5.74) is 2.05. The molecule has 0 atom stereocenters. The number of methoxy groups -OCH3 is 1. The van der Waals surface area contributed by atoms with Crippen molar-refractivity contribution in [1.82, 2.24) is 4.90 Å². The zero-order valence-electron chi connectivity index (χ0n) is 23.4. The monoisotopic (exact) mass is 584 g/mol. The van der Waals surface area contributed by atoms with E-state index in [1.807, 2.05) is 30.3 Å². The number of hydrogen-bond donors (Lipinski definition) is 2. The second-order valence-corrected chi connectivity index (χ2v) is 10.8. The van der Waals surface area contributed by atoms with Gasteiger partial charge in [-0.2, -0.15) is 0 Å². The van der Waals surface area contributed by atoms with Gasteiger partial charge in [0, 0.05) is 18.7 Å². The van der Waals surface area contributed by atoms with E-state index in [0.717, 1.165) is 60.5 Å². The van der Waals surface area contributed by atoms with Crippen molar-refractivity contribution in [3.8, 4) is 5.75 Å². The Morgan fingerprint density at radius 2 is 1.73 bits per heavy atom. The Morgan fingerprint density at radius 1 is 1.02 bits per heavy atom. The van der Waals surface area contributed by atoms with Gasteiger partial charge in [0.15, 0.2) is 0 Å². The Hall–Kier alpha value is -3.21. The highest BCUT2D eigenvalue weighted by molar-refractivity contribution is 8.19. The summed E-state index contributed by atoms with van der Waals surface area (Å²) >= 11 is 6.69. The normalized spacial score (nSPS) is 14.2. The van der Waals surface area contributed by atoms with Gasteiger partial charge in [-0.25, -0.2) is 4.79 Å². The molecule has 0 aromatic heterocycles. The maximum atomic E-state index is 12.5. The third kappa shape index (κ3) is 9.46. The second kappa shape index (κ2) is 16.2. The van der Waals surface area contributed by atoms with E-state index in [2.05, 4.69) is 19.2 Å². The molecule has 0 radical (unpaired) electrons. The molecule has 0 unspecified atom stereocenters. The van der Waals surface area contributed by atoms with Gasteiger partial charge < -0.3 is 19.7 Å². The molecule has 0 bridgehead atoms. The number of anilines is 1. The second-order valence-electron chi connectivity index (χ2n) is 9.39. The number of thiocarbonyl (C=S) groups is 1. The molecule has 1 fully saturated rings. The van der Waals surface area contributed by atoms with Crippen molar-refractivity contribution < 1.29 is 28.8 Å². The molecule has 0 spiro atoms. The Morgan fingerprint density at radius 3 is 2.38 bits per heavy atom. The van der Waals surface area contributed by atoms with E-state index in [1.54, 1.807) is 36.3 Å². The van der Waals surface area contributed by atoms with E-state index >= 15 is 0 Å². The van der Waals surface area contributed by atoms with E-state index in [4.69, 9.17) is 21.7 Å². The molecule has 0 aliphatic carbocycles. The van der Waals surface area contributed by atoms with Crippen molar-refractivity contribution in [1.29, 1.82) is 0 Å². The van der Waals surface area contributed by atoms with Crippen molar-refractivity contribution in [2.24, 2.45) is 0 Å². The van der Waals surface area contributed by atoms with Gasteiger partial charge in [0.1, 0.15) is 23.9 Å². The van der Waals surface area contributed by atoms with Gasteiger partial charge >= 0.3 is 5.97 Å².